The molecule has 1 aliphatic heterocycles. The summed E-state index contributed by atoms with van der Waals surface area (Å²) in [6.45, 7) is 1.65. The van der Waals surface area contributed by atoms with Gasteiger partial charge in [-0.2, -0.15) is 9.40 Å². The Labute approximate surface area is 153 Å². The van der Waals surface area contributed by atoms with Crippen LogP contribution in [0, 0.1) is 0 Å². The summed E-state index contributed by atoms with van der Waals surface area (Å²) in [7, 11) is -3.20. The van der Waals surface area contributed by atoms with E-state index in [-0.39, 0.29) is 11.8 Å². The number of amides is 1. The molecule has 2 heterocycles. The third-order valence-corrected chi connectivity index (χ3v) is 6.43. The first-order valence-electron chi connectivity index (χ1n) is 8.78. The lowest BCUT2D eigenvalue weighted by atomic mass is 10.0. The quantitative estimate of drug-likeness (QED) is 0.865. The summed E-state index contributed by atoms with van der Waals surface area (Å²) in [6.07, 6.45) is 3.00. The molecular weight excluding hydrogens is 352 g/mol. The minimum atomic E-state index is -3.20. The summed E-state index contributed by atoms with van der Waals surface area (Å²) >= 11 is 0. The summed E-state index contributed by atoms with van der Waals surface area (Å²) in [5.74, 6) is -0.0668. The first-order chi connectivity index (χ1) is 12.4. The second-order valence-electron chi connectivity index (χ2n) is 6.95. The summed E-state index contributed by atoms with van der Waals surface area (Å²) in [5.41, 5.74) is 4.00. The third kappa shape index (κ3) is 3.26. The Morgan fingerprint density at radius 3 is 2.92 bits per heavy atom. The van der Waals surface area contributed by atoms with Crippen molar-refractivity contribution in [3.63, 3.8) is 0 Å². The van der Waals surface area contributed by atoms with Gasteiger partial charge in [0.15, 0.2) is 0 Å². The van der Waals surface area contributed by atoms with Gasteiger partial charge >= 0.3 is 0 Å². The lowest BCUT2D eigenvalue weighted by Gasteiger charge is -2.25. The van der Waals surface area contributed by atoms with E-state index in [1.54, 1.807) is 0 Å². The van der Waals surface area contributed by atoms with E-state index in [0.29, 0.717) is 26.2 Å². The van der Waals surface area contributed by atoms with Gasteiger partial charge in [0.25, 0.3) is 0 Å². The van der Waals surface area contributed by atoms with Crippen molar-refractivity contribution in [3.8, 4) is 0 Å². The van der Waals surface area contributed by atoms with Crippen LogP contribution in [0.25, 0.3) is 0 Å². The highest BCUT2D eigenvalue weighted by molar-refractivity contribution is 7.88. The van der Waals surface area contributed by atoms with Crippen LogP contribution in [0.4, 0.5) is 0 Å². The number of nitrogens with one attached hydrogen (secondary N) is 1. The summed E-state index contributed by atoms with van der Waals surface area (Å²) in [6, 6.07) is 9.97. The highest BCUT2D eigenvalue weighted by Crippen LogP contribution is 2.32. The smallest absolute Gasteiger partial charge is 0.227 e. The lowest BCUT2D eigenvalue weighted by molar-refractivity contribution is -0.122. The fraction of sp³-hybridized carbons (Fsp3) is 0.444. The van der Waals surface area contributed by atoms with Crippen LogP contribution in [0.3, 0.4) is 0 Å². The Balaban J connectivity index is 1.41. The summed E-state index contributed by atoms with van der Waals surface area (Å²) in [4.78, 5) is 12.6. The van der Waals surface area contributed by atoms with E-state index < -0.39 is 10.0 Å². The lowest BCUT2D eigenvalue weighted by Crippen LogP contribution is -2.37. The van der Waals surface area contributed by atoms with Crippen molar-refractivity contribution in [1.82, 2.24) is 19.4 Å². The Bertz CT molecular complexity index is 951. The standard InChI is InChI=1S/C18H22N4O3S/c1-26(24,25)21-8-9-22-15(12-21)10-14(20-22)11-19-18(23)17-7-6-13-4-2-3-5-16(13)17/h2-5,10,17H,6-9,11-12H2,1H3,(H,19,23)/t17-/m0/s1. The summed E-state index contributed by atoms with van der Waals surface area (Å²) < 4.78 is 26.7. The molecule has 4 rings (SSSR count). The van der Waals surface area contributed by atoms with Crippen molar-refractivity contribution in [2.75, 3.05) is 12.8 Å². The number of hydrogen-bond donors (Lipinski definition) is 1. The first kappa shape index (κ1) is 17.2. The molecule has 1 atom stereocenters. The summed E-state index contributed by atoms with van der Waals surface area (Å²) in [5, 5.41) is 7.48. The zero-order chi connectivity index (χ0) is 18.3. The molecule has 0 radical (unpaired) electrons. The van der Waals surface area contributed by atoms with Gasteiger partial charge in [0.1, 0.15) is 0 Å². The number of carbonyl (C=O) groups excluding carboxylic acids is 1. The number of fused-ring (bicyclic) bond motifs is 2. The highest BCUT2D eigenvalue weighted by atomic mass is 32.2. The fourth-order valence-electron chi connectivity index (χ4n) is 3.80. The molecule has 2 aromatic rings. The molecule has 0 spiro atoms. The molecule has 0 unspecified atom stereocenters. The van der Waals surface area contributed by atoms with E-state index in [1.165, 1.54) is 16.1 Å². The van der Waals surface area contributed by atoms with E-state index in [0.717, 1.165) is 29.8 Å². The predicted octanol–water partition coefficient (Wildman–Crippen LogP) is 1.00. The van der Waals surface area contributed by atoms with Gasteiger partial charge in [0.05, 0.1) is 43.2 Å². The number of carbonyl (C=O) groups is 1. The van der Waals surface area contributed by atoms with Crippen LogP contribution in [0.1, 0.15) is 34.9 Å². The van der Waals surface area contributed by atoms with Gasteiger partial charge in [0.2, 0.25) is 15.9 Å². The number of hydrogen-bond acceptors (Lipinski definition) is 4. The van der Waals surface area contributed by atoms with Crippen molar-refractivity contribution >= 4 is 15.9 Å². The van der Waals surface area contributed by atoms with Crippen molar-refractivity contribution in [3.05, 3.63) is 52.8 Å². The Morgan fingerprint density at radius 2 is 2.12 bits per heavy atom. The van der Waals surface area contributed by atoms with Crippen molar-refractivity contribution in [1.29, 1.82) is 0 Å². The minimum absolute atomic E-state index is 0.0266. The molecule has 1 aromatic heterocycles. The van der Waals surface area contributed by atoms with Gasteiger partial charge in [-0.15, -0.1) is 0 Å². The molecule has 0 saturated heterocycles. The number of aromatic nitrogens is 2. The van der Waals surface area contributed by atoms with Crippen LogP contribution in [-0.4, -0.2) is 41.2 Å². The molecule has 2 aliphatic rings. The molecular formula is C18H22N4O3S. The van der Waals surface area contributed by atoms with Crippen LogP contribution < -0.4 is 5.32 Å². The van der Waals surface area contributed by atoms with E-state index in [2.05, 4.69) is 16.5 Å². The topological polar surface area (TPSA) is 84.3 Å². The van der Waals surface area contributed by atoms with E-state index in [1.807, 2.05) is 28.9 Å². The number of nitrogens with zero attached hydrogens (tertiary/aromatic N) is 3. The van der Waals surface area contributed by atoms with Gasteiger partial charge in [0, 0.05) is 6.54 Å². The van der Waals surface area contributed by atoms with E-state index >= 15 is 0 Å². The van der Waals surface area contributed by atoms with Crippen molar-refractivity contribution in [2.45, 2.75) is 38.4 Å². The van der Waals surface area contributed by atoms with Crippen LogP contribution in [-0.2, 0) is 40.9 Å². The highest BCUT2D eigenvalue weighted by Gasteiger charge is 2.28. The van der Waals surface area contributed by atoms with E-state index in [9.17, 15) is 13.2 Å². The SMILES string of the molecule is CS(=O)(=O)N1CCn2nc(CNC(=O)[C@H]3CCc4ccccc43)cc2C1. The second-order valence-corrected chi connectivity index (χ2v) is 8.94. The maximum absolute atomic E-state index is 12.6. The fourth-order valence-corrected chi connectivity index (χ4v) is 4.58. The zero-order valence-electron chi connectivity index (χ0n) is 14.7. The Kier molecular flexibility index (Phi) is 4.32. The van der Waals surface area contributed by atoms with Gasteiger partial charge in [-0.25, -0.2) is 8.42 Å². The van der Waals surface area contributed by atoms with Crippen molar-refractivity contribution in [2.24, 2.45) is 0 Å². The molecule has 7 nitrogen and oxygen atoms in total. The van der Waals surface area contributed by atoms with Gasteiger partial charge in [-0.3, -0.25) is 9.48 Å². The van der Waals surface area contributed by atoms with Gasteiger partial charge in [-0.05, 0) is 30.0 Å². The van der Waals surface area contributed by atoms with E-state index in [4.69, 9.17) is 0 Å². The largest absolute Gasteiger partial charge is 0.350 e. The Morgan fingerprint density at radius 1 is 1.31 bits per heavy atom. The average molecular weight is 374 g/mol. The molecule has 1 N–H and O–H groups in total. The van der Waals surface area contributed by atoms with Crippen LogP contribution in [0.15, 0.2) is 30.3 Å². The van der Waals surface area contributed by atoms with Gasteiger partial charge in [-0.1, -0.05) is 24.3 Å². The van der Waals surface area contributed by atoms with Crippen LogP contribution in [0.5, 0.6) is 0 Å². The molecule has 1 aromatic carbocycles. The predicted molar refractivity (Wildman–Crippen MR) is 96.8 cm³/mol. The maximum Gasteiger partial charge on any atom is 0.227 e. The van der Waals surface area contributed by atoms with Crippen LogP contribution >= 0.6 is 0 Å². The third-order valence-electron chi connectivity index (χ3n) is 5.18. The van der Waals surface area contributed by atoms with Crippen molar-refractivity contribution < 1.29 is 13.2 Å². The monoisotopic (exact) mass is 374 g/mol. The molecule has 138 valence electrons. The molecule has 1 amide bonds. The molecule has 0 saturated carbocycles. The number of rotatable bonds is 4. The molecule has 26 heavy (non-hydrogen) atoms. The second kappa shape index (κ2) is 6.51. The molecule has 0 bridgehead atoms. The average Bonchev–Trinajstić information content (AvgIpc) is 3.21. The number of benzene rings is 1. The Hall–Kier alpha value is -2.19. The van der Waals surface area contributed by atoms with Crippen LogP contribution in [0.2, 0.25) is 0 Å². The first-order valence-corrected chi connectivity index (χ1v) is 10.6. The number of sulfonamides is 1. The number of aryl methyl sites for hydroxylation is 1. The van der Waals surface area contributed by atoms with Gasteiger partial charge < -0.3 is 5.32 Å². The molecule has 8 heteroatoms. The molecule has 1 aliphatic carbocycles. The molecule has 0 fully saturated rings. The maximum atomic E-state index is 12.6. The normalized spacial score (nSPS) is 19.8. The minimum Gasteiger partial charge on any atom is -0.350 e. The zero-order valence-corrected chi connectivity index (χ0v) is 15.5.